The molecule has 1 heterocycles. The minimum atomic E-state index is -1.55. The van der Waals surface area contributed by atoms with Gasteiger partial charge in [0.1, 0.15) is 23.4 Å². The Balaban J connectivity index is 0.947. The van der Waals surface area contributed by atoms with Crippen LogP contribution in [0.5, 0.6) is 0 Å². The summed E-state index contributed by atoms with van der Waals surface area (Å²) in [5.74, 6) is -5.89. The van der Waals surface area contributed by atoms with Crippen molar-refractivity contribution in [3.8, 4) is 22.5 Å². The Morgan fingerprint density at radius 3 is 1.88 bits per heavy atom. The van der Waals surface area contributed by atoms with Crippen LogP contribution in [-0.4, -0.2) is 124 Å². The molecule has 23 heteroatoms. The lowest BCUT2D eigenvalue weighted by Crippen LogP contribution is -2.52. The molecule has 1 aliphatic carbocycles. The molecule has 1 aliphatic heterocycles. The van der Waals surface area contributed by atoms with Crippen LogP contribution in [0.25, 0.3) is 33.4 Å². The molecule has 0 radical (unpaired) electrons. The molecule has 4 aromatic carbocycles. The predicted molar refractivity (Wildman–Crippen MR) is 319 cm³/mol. The Hall–Kier alpha value is -9.22. The lowest BCUT2D eigenvalue weighted by atomic mass is 9.90. The van der Waals surface area contributed by atoms with Gasteiger partial charge in [0.2, 0.25) is 17.7 Å². The molecule has 444 valence electrons. The first-order valence-corrected chi connectivity index (χ1v) is 28.0. The molecule has 2 aliphatic rings. The number of urea groups is 1. The van der Waals surface area contributed by atoms with Crippen molar-refractivity contribution in [1.82, 2.24) is 37.2 Å². The van der Waals surface area contributed by atoms with E-state index < -0.39 is 66.8 Å². The number of hydrogen-bond acceptors (Lipinski definition) is 12. The summed E-state index contributed by atoms with van der Waals surface area (Å²) in [6.07, 6.45) is 3.20. The second-order valence-electron chi connectivity index (χ2n) is 20.2. The van der Waals surface area contributed by atoms with Crippen LogP contribution in [0.1, 0.15) is 91.3 Å². The highest BCUT2D eigenvalue weighted by Crippen LogP contribution is 2.42. The van der Waals surface area contributed by atoms with Crippen LogP contribution in [0.2, 0.25) is 0 Å². The fourth-order valence-corrected chi connectivity index (χ4v) is 9.60. The molecule has 12 N–H and O–H groups in total. The highest BCUT2D eigenvalue weighted by molar-refractivity contribution is 7.80. The summed E-state index contributed by atoms with van der Waals surface area (Å²) in [6.45, 7) is 2.93. The number of carbonyl (C=O) groups is 8. The van der Waals surface area contributed by atoms with Crippen molar-refractivity contribution in [1.29, 1.82) is 0 Å². The van der Waals surface area contributed by atoms with Gasteiger partial charge in [-0.05, 0) is 110 Å². The van der Waals surface area contributed by atoms with E-state index in [1.54, 1.807) is 18.2 Å². The highest BCUT2D eigenvalue weighted by atomic mass is 32.1. The largest absolute Gasteiger partial charge is 0.481 e. The number of aryl methyl sites for hydroxylation is 1. The standard InChI is InChI=1S/C61H70N8O14S/c1-37-18-21-44-50(31-37)83-51-35-42(70)20-23-45(51)55(44)43-22-19-40(34-46(43)57(76)77)67-61(84)64-30-29-63-56(75)49(33-39-15-9-6-10-16-39)65-36-41(32-38-13-7-5-8-14-38)66-53(72)17-11-3-2-4-12-28-62-52(71)26-24-47(58(78)79)68-60(82)69-48(59(80)81)25-27-54(73)74/h5-10,13-16,18-23,31,34-35,41,47-49,65H,2-4,11-12,17,24-30,32-33,36H2,1H3,(H,62,71)(H,63,75)(H,66,72)(H,73,74)(H,76,77)(H,78,79)(H,80,81)(H2,64,67,84)(H2,68,69,82)/t41-,47-,48-,49-/m0/s1. The lowest BCUT2D eigenvalue weighted by Gasteiger charge is -2.24. The van der Waals surface area contributed by atoms with Crippen LogP contribution in [0.4, 0.5) is 10.5 Å². The molecule has 0 saturated carbocycles. The molecule has 22 nitrogen and oxygen atoms in total. The number of aliphatic carboxylic acids is 3. The SMILES string of the molecule is Cc1ccc2c(-c3ccc(NC(=S)NCCNC(=O)[C@H](Cc4ccccc4)NC[C@H](Cc4ccccc4)NC(=O)CCCCCCCNC(=O)CC[C@H](NC(=O)N[C@@H](CCC(=O)O)C(=O)O)C(=O)O)cc3C(=O)O)c3ccc(=O)cc-3oc2c1. The van der Waals surface area contributed by atoms with Gasteiger partial charge in [-0.25, -0.2) is 19.2 Å². The van der Waals surface area contributed by atoms with E-state index in [1.165, 1.54) is 18.2 Å². The monoisotopic (exact) mass is 1170 g/mol. The number of rotatable bonds is 33. The molecule has 0 unspecified atom stereocenters. The first kappa shape index (κ1) is 64.0. The Kier molecular flexibility index (Phi) is 24.7. The van der Waals surface area contributed by atoms with Crippen LogP contribution in [0.15, 0.2) is 124 Å². The van der Waals surface area contributed by atoms with Crippen molar-refractivity contribution in [3.63, 3.8) is 0 Å². The minimum absolute atomic E-state index is 0.00326. The fraction of sp³-hybridized carbons (Fsp3) is 0.344. The van der Waals surface area contributed by atoms with Crippen LogP contribution in [0, 0.1) is 6.92 Å². The van der Waals surface area contributed by atoms with Gasteiger partial charge in [-0.15, -0.1) is 0 Å². The van der Waals surface area contributed by atoms with Crippen molar-refractivity contribution in [2.24, 2.45) is 0 Å². The van der Waals surface area contributed by atoms with Crippen molar-refractivity contribution in [2.75, 3.05) is 31.5 Å². The number of thiocarbonyl (C=S) groups is 1. The first-order chi connectivity index (χ1) is 40.3. The summed E-state index contributed by atoms with van der Waals surface area (Å²) < 4.78 is 6.09. The van der Waals surface area contributed by atoms with E-state index in [-0.39, 0.29) is 72.9 Å². The van der Waals surface area contributed by atoms with E-state index in [0.29, 0.717) is 71.3 Å². The van der Waals surface area contributed by atoms with Crippen molar-refractivity contribution >= 4 is 81.6 Å². The number of fused-ring (bicyclic) bond motifs is 2. The smallest absolute Gasteiger partial charge is 0.336 e. The number of anilines is 1. The molecule has 0 fully saturated rings. The van der Waals surface area contributed by atoms with E-state index in [1.807, 2.05) is 91.1 Å². The number of aromatic carboxylic acids is 1. The third-order valence-corrected chi connectivity index (χ3v) is 13.9. The summed E-state index contributed by atoms with van der Waals surface area (Å²) in [6, 6.07) is 28.9. The van der Waals surface area contributed by atoms with Crippen molar-refractivity contribution in [2.45, 2.75) is 108 Å². The summed E-state index contributed by atoms with van der Waals surface area (Å²) >= 11 is 5.58. The van der Waals surface area contributed by atoms with Gasteiger partial charge in [0.05, 0.1) is 11.6 Å². The van der Waals surface area contributed by atoms with Crippen LogP contribution < -0.4 is 48.0 Å². The van der Waals surface area contributed by atoms with Gasteiger partial charge >= 0.3 is 29.9 Å². The molecule has 0 aromatic heterocycles. The normalized spacial score (nSPS) is 12.4. The molecule has 0 spiro atoms. The fourth-order valence-electron chi connectivity index (χ4n) is 9.38. The third-order valence-electron chi connectivity index (χ3n) is 13.7. The second-order valence-corrected chi connectivity index (χ2v) is 20.6. The van der Waals surface area contributed by atoms with E-state index in [0.717, 1.165) is 36.0 Å². The number of hydrogen-bond donors (Lipinski definition) is 12. The van der Waals surface area contributed by atoms with Gasteiger partial charge in [0, 0.05) is 79.8 Å². The highest BCUT2D eigenvalue weighted by Gasteiger charge is 2.27. The van der Waals surface area contributed by atoms with Crippen molar-refractivity contribution < 1.29 is 63.2 Å². The lowest BCUT2D eigenvalue weighted by molar-refractivity contribution is -0.141. The molecular formula is C61H70N8O14S. The topological polar surface area (TPSA) is 344 Å². The number of unbranched alkanes of at least 4 members (excludes halogenated alkanes) is 4. The van der Waals surface area contributed by atoms with Crippen LogP contribution in [-0.2, 0) is 41.6 Å². The average molecular weight is 1170 g/mol. The van der Waals surface area contributed by atoms with Gasteiger partial charge in [0.15, 0.2) is 10.5 Å². The average Bonchev–Trinajstić information content (AvgIpc) is 1.23. The predicted octanol–water partition coefficient (Wildman–Crippen LogP) is 6.21. The zero-order valence-electron chi connectivity index (χ0n) is 46.4. The zero-order chi connectivity index (χ0) is 60.5. The maximum Gasteiger partial charge on any atom is 0.336 e. The Bertz CT molecular complexity index is 3310. The van der Waals surface area contributed by atoms with Crippen LogP contribution >= 0.6 is 12.2 Å². The molecule has 4 atom stereocenters. The summed E-state index contributed by atoms with van der Waals surface area (Å²) in [4.78, 5) is 111. The molecule has 4 aromatic rings. The maximum atomic E-state index is 13.9. The Morgan fingerprint density at radius 2 is 1.21 bits per heavy atom. The summed E-state index contributed by atoms with van der Waals surface area (Å²) in [5, 5.41) is 61.5. The van der Waals surface area contributed by atoms with E-state index in [2.05, 4.69) is 37.2 Å². The van der Waals surface area contributed by atoms with E-state index >= 15 is 0 Å². The van der Waals surface area contributed by atoms with Gasteiger partial charge in [0.25, 0.3) is 0 Å². The van der Waals surface area contributed by atoms with Gasteiger partial charge in [-0.1, -0.05) is 98.1 Å². The Morgan fingerprint density at radius 1 is 0.583 bits per heavy atom. The number of benzene rings is 5. The molecule has 5 amide bonds. The molecule has 84 heavy (non-hydrogen) atoms. The first-order valence-electron chi connectivity index (χ1n) is 27.6. The Labute approximate surface area is 489 Å². The molecule has 0 saturated heterocycles. The summed E-state index contributed by atoms with van der Waals surface area (Å²) in [7, 11) is 0. The zero-order valence-corrected chi connectivity index (χ0v) is 47.2. The van der Waals surface area contributed by atoms with Crippen molar-refractivity contribution in [3.05, 3.63) is 148 Å². The van der Waals surface area contributed by atoms with E-state index in [4.69, 9.17) is 21.7 Å². The summed E-state index contributed by atoms with van der Waals surface area (Å²) in [5.41, 5.74) is 5.14. The quantitative estimate of drug-likeness (QED) is 0.0124. The second kappa shape index (κ2) is 32.4. The van der Waals surface area contributed by atoms with Gasteiger partial charge in [-0.3, -0.25) is 24.0 Å². The number of nitrogens with one attached hydrogen (secondary N) is 8. The third kappa shape index (κ3) is 20.6. The number of carbonyl (C=O) groups excluding carboxylic acids is 4. The maximum absolute atomic E-state index is 13.9. The van der Waals surface area contributed by atoms with Crippen LogP contribution in [0.3, 0.4) is 0 Å². The van der Waals surface area contributed by atoms with Gasteiger partial charge in [-0.2, -0.15) is 0 Å². The number of carboxylic acids is 4. The molecule has 6 rings (SSSR count). The number of carboxylic acid groups (broad SMARTS) is 4. The van der Waals surface area contributed by atoms with E-state index in [9.17, 15) is 58.5 Å². The molecular weight excluding hydrogens is 1100 g/mol. The van der Waals surface area contributed by atoms with Gasteiger partial charge < -0.3 is 67.4 Å². The minimum Gasteiger partial charge on any atom is -0.481 e. The molecule has 0 bridgehead atoms. The number of amides is 5.